The maximum Gasteiger partial charge on any atom is 0.352 e. The number of rotatable bonds is 8. The highest BCUT2D eigenvalue weighted by Crippen LogP contribution is 2.19. The molecule has 9 nitrogen and oxygen atoms in total. The van der Waals surface area contributed by atoms with Gasteiger partial charge in [0, 0.05) is 11.6 Å². The second-order valence-corrected chi connectivity index (χ2v) is 7.70. The van der Waals surface area contributed by atoms with Gasteiger partial charge in [-0.25, -0.2) is 4.79 Å². The second kappa shape index (κ2) is 10.6. The van der Waals surface area contributed by atoms with Crippen molar-refractivity contribution in [3.63, 3.8) is 0 Å². The zero-order valence-electron chi connectivity index (χ0n) is 16.7. The Morgan fingerprint density at radius 3 is 2.59 bits per heavy atom. The fourth-order valence-electron chi connectivity index (χ4n) is 2.97. The second-order valence-electron chi connectivity index (χ2n) is 6.89. The lowest BCUT2D eigenvalue weighted by atomic mass is 10.1. The SMILES string of the molecule is O=C(NCCc1ccccc1Cl)c1cc(-n2ncc(=O)n(CC(O)CO)c2=O)ccc1Cl. The minimum absolute atomic E-state index is 0.116. The Morgan fingerprint density at radius 1 is 1.12 bits per heavy atom. The van der Waals surface area contributed by atoms with E-state index in [1.54, 1.807) is 6.07 Å². The molecule has 0 aliphatic heterocycles. The summed E-state index contributed by atoms with van der Waals surface area (Å²) in [5, 5.41) is 25.9. The molecule has 3 N–H and O–H groups in total. The topological polar surface area (TPSA) is 126 Å². The van der Waals surface area contributed by atoms with Gasteiger partial charge in [-0.1, -0.05) is 41.4 Å². The standard InChI is InChI=1S/C21H20Cl2N4O5/c22-17-4-2-1-3-13(17)7-8-24-20(31)16-9-14(5-6-18(16)23)27-21(32)26(11-15(29)12-28)19(30)10-25-27/h1-6,9-10,15,28-29H,7-8,11-12H2,(H,24,31). The van der Waals surface area contributed by atoms with Crippen molar-refractivity contribution in [1.29, 1.82) is 0 Å². The number of hydrogen-bond acceptors (Lipinski definition) is 6. The molecule has 3 rings (SSSR count). The number of aliphatic hydroxyl groups excluding tert-OH is 2. The van der Waals surface area contributed by atoms with Gasteiger partial charge in [0.2, 0.25) is 0 Å². The maximum absolute atomic E-state index is 12.7. The predicted octanol–water partition coefficient (Wildman–Crippen LogP) is 1.03. The molecule has 0 spiro atoms. The van der Waals surface area contributed by atoms with E-state index < -0.39 is 36.4 Å². The van der Waals surface area contributed by atoms with Crippen molar-refractivity contribution in [3.05, 3.63) is 90.7 Å². The molecule has 0 fully saturated rings. The summed E-state index contributed by atoms with van der Waals surface area (Å²) in [6, 6.07) is 11.6. The van der Waals surface area contributed by atoms with E-state index >= 15 is 0 Å². The van der Waals surface area contributed by atoms with Gasteiger partial charge in [-0.15, -0.1) is 0 Å². The van der Waals surface area contributed by atoms with E-state index in [4.69, 9.17) is 28.3 Å². The molecule has 3 aromatic rings. The Kier molecular flexibility index (Phi) is 7.81. The molecule has 0 aliphatic rings. The number of carbonyl (C=O) groups is 1. The average Bonchev–Trinajstić information content (AvgIpc) is 2.78. The number of benzene rings is 2. The van der Waals surface area contributed by atoms with Crippen LogP contribution in [0.15, 0.2) is 58.3 Å². The molecule has 11 heteroatoms. The van der Waals surface area contributed by atoms with E-state index in [0.717, 1.165) is 21.0 Å². The molecule has 1 heterocycles. The summed E-state index contributed by atoms with van der Waals surface area (Å²) in [7, 11) is 0. The van der Waals surface area contributed by atoms with Crippen LogP contribution in [0, 0.1) is 0 Å². The number of nitrogens with one attached hydrogen (secondary N) is 1. The van der Waals surface area contributed by atoms with Crippen LogP contribution in [0.5, 0.6) is 0 Å². The van der Waals surface area contributed by atoms with E-state index in [1.165, 1.54) is 18.2 Å². The zero-order chi connectivity index (χ0) is 23.3. The summed E-state index contributed by atoms with van der Waals surface area (Å²) in [5.41, 5.74) is -0.367. The molecule has 0 bridgehead atoms. The van der Waals surface area contributed by atoms with Gasteiger partial charge in [0.1, 0.15) is 6.20 Å². The van der Waals surface area contributed by atoms with Gasteiger partial charge in [0.05, 0.1) is 35.5 Å². The number of carbonyl (C=O) groups excluding carboxylic acids is 1. The highest BCUT2D eigenvalue weighted by molar-refractivity contribution is 6.34. The van der Waals surface area contributed by atoms with E-state index in [-0.39, 0.29) is 16.3 Å². The third-order valence-corrected chi connectivity index (χ3v) is 5.34. The van der Waals surface area contributed by atoms with Crippen molar-refractivity contribution in [2.75, 3.05) is 13.2 Å². The van der Waals surface area contributed by atoms with Crippen LogP contribution in [0.25, 0.3) is 5.69 Å². The van der Waals surface area contributed by atoms with Crippen molar-refractivity contribution in [2.24, 2.45) is 0 Å². The molecule has 0 saturated heterocycles. The molecule has 168 valence electrons. The lowest BCUT2D eigenvalue weighted by Crippen LogP contribution is -2.43. The molecule has 0 saturated carbocycles. The van der Waals surface area contributed by atoms with Crippen LogP contribution in [0.3, 0.4) is 0 Å². The summed E-state index contributed by atoms with van der Waals surface area (Å²) in [6.45, 7) is -0.710. The number of amides is 1. The minimum atomic E-state index is -1.29. The van der Waals surface area contributed by atoms with Gasteiger partial charge >= 0.3 is 5.69 Å². The molecule has 1 unspecified atom stereocenters. The largest absolute Gasteiger partial charge is 0.394 e. The molecule has 2 aromatic carbocycles. The first-order valence-electron chi connectivity index (χ1n) is 9.61. The smallest absolute Gasteiger partial charge is 0.352 e. The van der Waals surface area contributed by atoms with Crippen LogP contribution in [0.1, 0.15) is 15.9 Å². The van der Waals surface area contributed by atoms with Crippen LogP contribution in [0.4, 0.5) is 0 Å². The molecule has 0 radical (unpaired) electrons. The number of halogens is 2. The van der Waals surface area contributed by atoms with Gasteiger partial charge in [-0.2, -0.15) is 9.78 Å². The average molecular weight is 479 g/mol. The summed E-state index contributed by atoms with van der Waals surface area (Å²) >= 11 is 12.3. The number of aromatic nitrogens is 3. The Hall–Kier alpha value is -2.98. The van der Waals surface area contributed by atoms with E-state index in [9.17, 15) is 19.5 Å². The summed E-state index contributed by atoms with van der Waals surface area (Å²) < 4.78 is 1.65. The molecule has 1 aromatic heterocycles. The van der Waals surface area contributed by atoms with Gasteiger partial charge in [-0.05, 0) is 36.2 Å². The first-order valence-corrected chi connectivity index (χ1v) is 10.4. The van der Waals surface area contributed by atoms with Crippen LogP contribution in [0.2, 0.25) is 10.0 Å². The summed E-state index contributed by atoms with van der Waals surface area (Å²) in [4.78, 5) is 37.3. The van der Waals surface area contributed by atoms with Crippen LogP contribution < -0.4 is 16.6 Å². The normalized spacial score (nSPS) is 11.9. The van der Waals surface area contributed by atoms with Crippen molar-refractivity contribution >= 4 is 29.1 Å². The molecular weight excluding hydrogens is 459 g/mol. The first kappa shape index (κ1) is 23.7. The molecule has 1 atom stereocenters. The highest BCUT2D eigenvalue weighted by Gasteiger charge is 2.16. The van der Waals surface area contributed by atoms with Gasteiger partial charge < -0.3 is 15.5 Å². The fourth-order valence-corrected chi connectivity index (χ4v) is 3.41. The van der Waals surface area contributed by atoms with Crippen LogP contribution in [-0.2, 0) is 13.0 Å². The van der Waals surface area contributed by atoms with Gasteiger partial charge in [-0.3, -0.25) is 14.2 Å². The fraction of sp³-hybridized carbons (Fsp3) is 0.238. The molecule has 1 amide bonds. The van der Waals surface area contributed by atoms with E-state index in [1.807, 2.05) is 18.2 Å². The van der Waals surface area contributed by atoms with E-state index in [0.29, 0.717) is 18.0 Å². The lowest BCUT2D eigenvalue weighted by molar-refractivity contribution is 0.0788. The number of aliphatic hydroxyl groups is 2. The summed E-state index contributed by atoms with van der Waals surface area (Å²) in [5.74, 6) is -0.457. The van der Waals surface area contributed by atoms with Gasteiger partial charge in [0.25, 0.3) is 11.5 Å². The Balaban J connectivity index is 1.83. The summed E-state index contributed by atoms with van der Waals surface area (Å²) in [6.07, 6.45) is 0.131. The quantitative estimate of drug-likeness (QED) is 0.443. The Labute approximate surface area is 192 Å². The number of hydrogen-bond donors (Lipinski definition) is 3. The monoisotopic (exact) mass is 478 g/mol. The first-order chi connectivity index (χ1) is 15.3. The Morgan fingerprint density at radius 2 is 1.88 bits per heavy atom. The lowest BCUT2D eigenvalue weighted by Gasteiger charge is -2.13. The third-order valence-electron chi connectivity index (χ3n) is 4.64. The zero-order valence-corrected chi connectivity index (χ0v) is 18.3. The maximum atomic E-state index is 12.7. The molecule has 32 heavy (non-hydrogen) atoms. The Bertz CT molecular complexity index is 1240. The minimum Gasteiger partial charge on any atom is -0.394 e. The van der Waals surface area contributed by atoms with Crippen LogP contribution in [-0.4, -0.2) is 49.7 Å². The number of nitrogens with zero attached hydrogens (tertiary/aromatic N) is 3. The van der Waals surface area contributed by atoms with Gasteiger partial charge in [0.15, 0.2) is 0 Å². The van der Waals surface area contributed by atoms with E-state index in [2.05, 4.69) is 10.4 Å². The van der Waals surface area contributed by atoms with Crippen LogP contribution >= 0.6 is 23.2 Å². The van der Waals surface area contributed by atoms with Crippen molar-refractivity contribution in [2.45, 2.75) is 19.1 Å². The van der Waals surface area contributed by atoms with Crippen molar-refractivity contribution in [3.8, 4) is 5.69 Å². The molecule has 0 aliphatic carbocycles. The van der Waals surface area contributed by atoms with Crippen molar-refractivity contribution < 1.29 is 15.0 Å². The highest BCUT2D eigenvalue weighted by atomic mass is 35.5. The molecular formula is C21H20Cl2N4O5. The van der Waals surface area contributed by atoms with Crippen molar-refractivity contribution in [1.82, 2.24) is 19.7 Å². The predicted molar refractivity (Wildman–Crippen MR) is 120 cm³/mol. The third kappa shape index (κ3) is 5.43.